The van der Waals surface area contributed by atoms with Crippen LogP contribution in [0.1, 0.15) is 32.1 Å². The fourth-order valence-corrected chi connectivity index (χ4v) is 4.26. The number of carbonyl (C=O) groups is 1. The standard InChI is InChI=1S/C18H26N2O2/c1-22-16-9-5-10-18(16)11-6-12-20(14-18)13-17(21)19-15-7-3-2-4-8-15/h2-4,7-8,16H,5-6,9-14H2,1H3,(H,19,21)/t16-,18-/m1/s1. The summed E-state index contributed by atoms with van der Waals surface area (Å²) >= 11 is 0. The molecule has 22 heavy (non-hydrogen) atoms. The molecule has 1 N–H and O–H groups in total. The van der Waals surface area contributed by atoms with Crippen molar-refractivity contribution in [1.82, 2.24) is 4.90 Å². The molecule has 1 aromatic carbocycles. The molecule has 1 spiro atoms. The van der Waals surface area contributed by atoms with E-state index in [9.17, 15) is 4.79 Å². The summed E-state index contributed by atoms with van der Waals surface area (Å²) in [5, 5.41) is 2.98. The van der Waals surface area contributed by atoms with Gasteiger partial charge < -0.3 is 10.1 Å². The minimum atomic E-state index is 0.0789. The lowest BCUT2D eigenvalue weighted by atomic mass is 9.76. The molecule has 1 saturated carbocycles. The topological polar surface area (TPSA) is 41.6 Å². The Labute approximate surface area is 132 Å². The fraction of sp³-hybridized carbons (Fsp3) is 0.611. The number of rotatable bonds is 4. The van der Waals surface area contributed by atoms with Crippen LogP contribution in [0.5, 0.6) is 0 Å². The first-order valence-electron chi connectivity index (χ1n) is 8.32. The van der Waals surface area contributed by atoms with Crippen molar-refractivity contribution in [3.05, 3.63) is 30.3 Å². The summed E-state index contributed by atoms with van der Waals surface area (Å²) in [6.07, 6.45) is 6.43. The van der Waals surface area contributed by atoms with Gasteiger partial charge in [-0.25, -0.2) is 0 Å². The molecule has 0 radical (unpaired) electrons. The lowest BCUT2D eigenvalue weighted by Gasteiger charge is -2.43. The van der Waals surface area contributed by atoms with Crippen molar-refractivity contribution in [3.63, 3.8) is 0 Å². The number of piperidine rings is 1. The molecule has 120 valence electrons. The zero-order chi connectivity index (χ0) is 15.4. The van der Waals surface area contributed by atoms with Crippen molar-refractivity contribution in [3.8, 4) is 0 Å². The van der Waals surface area contributed by atoms with E-state index in [0.29, 0.717) is 12.6 Å². The number of anilines is 1. The van der Waals surface area contributed by atoms with Crippen molar-refractivity contribution >= 4 is 11.6 Å². The van der Waals surface area contributed by atoms with Crippen molar-refractivity contribution in [2.75, 3.05) is 32.1 Å². The monoisotopic (exact) mass is 302 g/mol. The number of hydrogen-bond donors (Lipinski definition) is 1. The Bertz CT molecular complexity index is 505. The van der Waals surface area contributed by atoms with Crippen LogP contribution in [0.3, 0.4) is 0 Å². The largest absolute Gasteiger partial charge is 0.381 e. The summed E-state index contributed by atoms with van der Waals surface area (Å²) in [4.78, 5) is 14.6. The number of benzene rings is 1. The van der Waals surface area contributed by atoms with Crippen LogP contribution in [0, 0.1) is 5.41 Å². The molecule has 2 fully saturated rings. The molecule has 1 aliphatic carbocycles. The van der Waals surface area contributed by atoms with Crippen LogP contribution in [0.25, 0.3) is 0 Å². The number of nitrogens with zero attached hydrogens (tertiary/aromatic N) is 1. The molecule has 0 aromatic heterocycles. The lowest BCUT2D eigenvalue weighted by Crippen LogP contribution is -2.49. The van der Waals surface area contributed by atoms with Gasteiger partial charge in [0.2, 0.25) is 5.91 Å². The molecule has 4 heteroatoms. The highest BCUT2D eigenvalue weighted by molar-refractivity contribution is 5.92. The van der Waals surface area contributed by atoms with Crippen LogP contribution in [0.4, 0.5) is 5.69 Å². The van der Waals surface area contributed by atoms with Crippen molar-refractivity contribution < 1.29 is 9.53 Å². The fourth-order valence-electron chi connectivity index (χ4n) is 4.26. The van der Waals surface area contributed by atoms with Crippen molar-refractivity contribution in [1.29, 1.82) is 0 Å². The van der Waals surface area contributed by atoms with Gasteiger partial charge in [-0.2, -0.15) is 0 Å². The van der Waals surface area contributed by atoms with Crippen LogP contribution < -0.4 is 5.32 Å². The minimum absolute atomic E-state index is 0.0789. The Morgan fingerprint density at radius 2 is 2.09 bits per heavy atom. The van der Waals surface area contributed by atoms with Gasteiger partial charge in [-0.15, -0.1) is 0 Å². The van der Waals surface area contributed by atoms with Crippen LogP contribution in [0.15, 0.2) is 30.3 Å². The van der Waals surface area contributed by atoms with Gasteiger partial charge in [0.15, 0.2) is 0 Å². The van der Waals surface area contributed by atoms with Gasteiger partial charge in [-0.1, -0.05) is 24.6 Å². The highest BCUT2D eigenvalue weighted by Gasteiger charge is 2.45. The number of nitrogens with one attached hydrogen (secondary N) is 1. The van der Waals surface area contributed by atoms with Gasteiger partial charge in [-0.3, -0.25) is 9.69 Å². The lowest BCUT2D eigenvalue weighted by molar-refractivity contribution is -0.119. The van der Waals surface area contributed by atoms with E-state index >= 15 is 0 Å². The third-order valence-electron chi connectivity index (χ3n) is 5.22. The molecule has 2 atom stereocenters. The molecular weight excluding hydrogens is 276 g/mol. The summed E-state index contributed by atoms with van der Waals surface area (Å²) in [7, 11) is 1.83. The highest BCUT2D eigenvalue weighted by Crippen LogP contribution is 2.46. The molecule has 0 unspecified atom stereocenters. The molecule has 2 aliphatic rings. The van der Waals surface area contributed by atoms with E-state index in [1.165, 1.54) is 32.1 Å². The van der Waals surface area contributed by atoms with E-state index in [-0.39, 0.29) is 11.3 Å². The average molecular weight is 302 g/mol. The molecule has 1 heterocycles. The Hall–Kier alpha value is -1.39. The first-order valence-corrected chi connectivity index (χ1v) is 8.32. The number of amides is 1. The smallest absolute Gasteiger partial charge is 0.238 e. The summed E-state index contributed by atoms with van der Waals surface area (Å²) in [6, 6.07) is 9.68. The van der Waals surface area contributed by atoms with Gasteiger partial charge in [0.25, 0.3) is 0 Å². The Morgan fingerprint density at radius 3 is 2.86 bits per heavy atom. The second kappa shape index (κ2) is 6.80. The first kappa shape index (κ1) is 15.5. The van der Waals surface area contributed by atoms with E-state index in [4.69, 9.17) is 4.74 Å². The maximum absolute atomic E-state index is 12.3. The van der Waals surface area contributed by atoms with Crippen LogP contribution >= 0.6 is 0 Å². The zero-order valence-electron chi connectivity index (χ0n) is 13.4. The Kier molecular flexibility index (Phi) is 4.79. The predicted molar refractivity (Wildman–Crippen MR) is 87.8 cm³/mol. The normalized spacial score (nSPS) is 28.9. The van der Waals surface area contributed by atoms with E-state index in [1.54, 1.807) is 0 Å². The van der Waals surface area contributed by atoms with Crippen LogP contribution in [-0.2, 0) is 9.53 Å². The summed E-state index contributed by atoms with van der Waals surface area (Å²) in [6.45, 7) is 2.49. The maximum Gasteiger partial charge on any atom is 0.238 e. The summed E-state index contributed by atoms with van der Waals surface area (Å²) < 4.78 is 5.73. The van der Waals surface area contributed by atoms with Gasteiger partial charge >= 0.3 is 0 Å². The van der Waals surface area contributed by atoms with Gasteiger partial charge in [-0.05, 0) is 44.4 Å². The number of ether oxygens (including phenoxy) is 1. The van der Waals surface area contributed by atoms with Crippen LogP contribution in [0.2, 0.25) is 0 Å². The Balaban J connectivity index is 1.57. The van der Waals surface area contributed by atoms with E-state index < -0.39 is 0 Å². The van der Waals surface area contributed by atoms with Gasteiger partial charge in [0.1, 0.15) is 0 Å². The van der Waals surface area contributed by atoms with Crippen molar-refractivity contribution in [2.24, 2.45) is 5.41 Å². The second-order valence-corrected chi connectivity index (χ2v) is 6.71. The quantitative estimate of drug-likeness (QED) is 0.930. The average Bonchev–Trinajstić information content (AvgIpc) is 2.90. The second-order valence-electron chi connectivity index (χ2n) is 6.71. The van der Waals surface area contributed by atoms with Gasteiger partial charge in [0.05, 0.1) is 12.6 Å². The predicted octanol–water partition coefficient (Wildman–Crippen LogP) is 2.91. The summed E-state index contributed by atoms with van der Waals surface area (Å²) in [5.74, 6) is 0.0789. The number of para-hydroxylation sites is 1. The third-order valence-corrected chi connectivity index (χ3v) is 5.22. The SMILES string of the molecule is CO[C@@H]1CCC[C@]12CCCN(CC(=O)Nc1ccccc1)C2. The molecule has 4 nitrogen and oxygen atoms in total. The minimum Gasteiger partial charge on any atom is -0.381 e. The zero-order valence-corrected chi connectivity index (χ0v) is 13.4. The van der Waals surface area contributed by atoms with Crippen molar-refractivity contribution in [2.45, 2.75) is 38.2 Å². The molecule has 1 aliphatic heterocycles. The molecule has 1 aromatic rings. The van der Waals surface area contributed by atoms with Gasteiger partial charge in [0, 0.05) is 24.8 Å². The third kappa shape index (κ3) is 3.33. The first-order chi connectivity index (χ1) is 10.7. The molecular formula is C18H26N2O2. The number of carbonyl (C=O) groups excluding carboxylic acids is 1. The summed E-state index contributed by atoms with van der Waals surface area (Å²) in [5.41, 5.74) is 1.15. The number of methoxy groups -OCH3 is 1. The molecule has 0 bridgehead atoms. The molecule has 3 rings (SSSR count). The van der Waals surface area contributed by atoms with E-state index in [2.05, 4.69) is 10.2 Å². The van der Waals surface area contributed by atoms with E-state index in [0.717, 1.165) is 18.8 Å². The molecule has 1 amide bonds. The highest BCUT2D eigenvalue weighted by atomic mass is 16.5. The molecule has 1 saturated heterocycles. The number of hydrogen-bond acceptors (Lipinski definition) is 3. The Morgan fingerprint density at radius 1 is 1.32 bits per heavy atom. The van der Waals surface area contributed by atoms with E-state index in [1.807, 2.05) is 37.4 Å². The maximum atomic E-state index is 12.3. The number of likely N-dealkylation sites (tertiary alicyclic amines) is 1. The van der Waals surface area contributed by atoms with Crippen LogP contribution in [-0.4, -0.2) is 43.7 Å².